The van der Waals surface area contributed by atoms with E-state index in [1.807, 2.05) is 0 Å². The normalized spacial score (nSPS) is 11.0. The highest BCUT2D eigenvalue weighted by atomic mass is 35.5. The van der Waals surface area contributed by atoms with Crippen LogP contribution < -0.4 is 33.8 Å². The SMILES string of the molecule is CC(c1ccc(C(F)(F)F)cc1C(F)(F)F)n1cc(N)cn1.CC(c1ccc(C(F)(F)F)cc1C(F)(F)F)n1cc(NC(=O)c2nnc(-c3cnccn3)s2)cn1.CCOC(=O)C(=O)Cl.CCOC(=O)C(=O)NCC(=O)c1cnccn1.CCOC(=O)c1cnccn1.CCOC(=O)c1nnc(-c2cnccn2)s1.NCC(=O)c1cnccn1.NN.O=C(O)c1cnccn1. The maximum Gasteiger partial charge on any atom is 0.416 e. The van der Waals surface area contributed by atoms with Crippen molar-refractivity contribution in [1.29, 1.82) is 0 Å². The van der Waals surface area contributed by atoms with Gasteiger partial charge in [0.1, 0.15) is 22.8 Å². The number of nitrogens with one attached hydrogen (secondary N) is 2. The molecule has 2 unspecified atom stereocenters. The van der Waals surface area contributed by atoms with E-state index in [1.54, 1.807) is 46.3 Å². The van der Waals surface area contributed by atoms with Crippen LogP contribution in [0, 0.1) is 0 Å². The second-order valence-corrected chi connectivity index (χ2v) is 25.7. The van der Waals surface area contributed by atoms with E-state index in [-0.39, 0.29) is 88.3 Å². The fraction of sp³-hybridized carbons (Fsp3) is 0.243. The minimum atomic E-state index is -5.02. The maximum atomic E-state index is 13.5. The van der Waals surface area contributed by atoms with Crippen molar-refractivity contribution in [3.05, 3.63) is 239 Å². The lowest BCUT2D eigenvalue weighted by atomic mass is 9.98. The average molecular weight is 1890 g/mol. The average Bonchev–Trinajstić information content (AvgIpc) is 1.04. The Hall–Kier alpha value is -15.1. The van der Waals surface area contributed by atoms with Gasteiger partial charge in [-0.05, 0) is 88.5 Å². The number of carboxylic acids is 1. The molecule has 0 spiro atoms. The smallest absolute Gasteiger partial charge is 0.416 e. The monoisotopic (exact) mass is 1890 g/mol. The number of carbonyl (C=O) groups excluding carboxylic acids is 9. The van der Waals surface area contributed by atoms with Gasteiger partial charge in [0.15, 0.2) is 27.2 Å². The van der Waals surface area contributed by atoms with Crippen molar-refractivity contribution in [1.82, 2.24) is 105 Å². The van der Waals surface area contributed by atoms with Crippen LogP contribution in [0.4, 0.5) is 64.1 Å². The molecule has 10 aromatic heterocycles. The fourth-order valence-electron chi connectivity index (χ4n) is 8.89. The molecule has 12 aromatic rings. The Bertz CT molecular complexity index is 5610. The Balaban J connectivity index is 0.000000327. The molecular formula is C74H71ClF12N26O15S2. The van der Waals surface area contributed by atoms with Gasteiger partial charge in [-0.25, -0.2) is 43.9 Å². The van der Waals surface area contributed by atoms with Crippen LogP contribution in [-0.2, 0) is 62.8 Å². The van der Waals surface area contributed by atoms with Crippen LogP contribution in [0.3, 0.4) is 0 Å². The zero-order valence-corrected chi connectivity index (χ0v) is 70.1. The van der Waals surface area contributed by atoms with E-state index in [9.17, 15) is 101 Å². The Morgan fingerprint density at radius 2 is 0.862 bits per heavy atom. The van der Waals surface area contributed by atoms with Crippen molar-refractivity contribution in [3.8, 4) is 21.4 Å². The predicted octanol–water partition coefficient (Wildman–Crippen LogP) is 9.29. The van der Waals surface area contributed by atoms with Gasteiger partial charge in [-0.3, -0.25) is 84.9 Å². The number of nitrogens with two attached hydrogens (primary N) is 4. The standard InChI is InChI=1S/C20H13F6N7OS.C13H11F6N3.C10H11N3O4.C9H8N4O2S.C7H8N2O2.C6H7N3O.C5H4N2O2.C4H5ClO3.H4N2/c1-10(13-3-2-11(19(21,22)23)6-14(13)20(24,25)26)33-9-12(7-29-33)30-16(34)18-32-31-17(35-18)15-8-27-4-5-28-15;1-7(22-6-9(20)5-21-22)10-3-2-8(12(14,15)16)4-11(10)13(17,18)19;1-2-17-10(16)9(15)13-6-8(14)7-5-11-3-4-12-7;1-2-15-9(14)8-13-12-7(16-8)6-5-10-3-4-11-6;1-2-11-7(10)6-5-8-3-4-9-6;7-3-6(10)5-4-8-1-2-9-5;8-5(9)4-3-6-1-2-7-4;1-2-8-4(7)3(5)6;1-2/h2-10H,1H3,(H,30,34);2-7H,20H2,1H3;3-5H,2,6H2,1H3,(H,13,15);3-5H,2H2,1H3;3-5H,2H2,1H3;1-2,4H,3,7H2;1-3H,(H,8,9);2H2,1H3;1-2H2. The first kappa shape index (κ1) is 107. The number of nitrogen functional groups attached to an aromatic ring is 1. The first-order valence-corrected chi connectivity index (χ1v) is 38.0. The highest BCUT2D eigenvalue weighted by Crippen LogP contribution is 2.42. The number of Topliss-reactive ketones (excluding diaryl/α,β-unsaturated/α-hetero) is 2. The molecule has 0 saturated carbocycles. The highest BCUT2D eigenvalue weighted by molar-refractivity contribution is 7.16. The molecule has 0 aliphatic heterocycles. The lowest BCUT2D eigenvalue weighted by Crippen LogP contribution is -2.36. The third kappa shape index (κ3) is 36.1. The number of amides is 2. The van der Waals surface area contributed by atoms with E-state index in [4.69, 9.17) is 32.9 Å². The Morgan fingerprint density at radius 1 is 0.469 bits per heavy atom. The molecule has 0 saturated heterocycles. The summed E-state index contributed by atoms with van der Waals surface area (Å²) >= 11 is 6.78. The van der Waals surface area contributed by atoms with Crippen LogP contribution in [0.1, 0.15) is 149 Å². The zero-order valence-electron chi connectivity index (χ0n) is 67.7. The van der Waals surface area contributed by atoms with Crippen LogP contribution >= 0.6 is 34.3 Å². The van der Waals surface area contributed by atoms with Crippen LogP contribution in [0.25, 0.3) is 21.4 Å². The molecule has 0 aliphatic carbocycles. The Kier molecular flexibility index (Phi) is 44.0. The molecule has 0 bridgehead atoms. The number of carboxylic acid groups (broad SMARTS) is 1. The number of esters is 4. The van der Waals surface area contributed by atoms with Gasteiger partial charge in [0.05, 0.1) is 135 Å². The molecule has 11 N–H and O–H groups in total. The number of anilines is 2. The molecule has 2 amide bonds. The molecule has 0 aliphatic rings. The topological polar surface area (TPSA) is 598 Å². The maximum absolute atomic E-state index is 13.5. The molecule has 0 radical (unpaired) electrons. The van der Waals surface area contributed by atoms with Gasteiger partial charge in [-0.1, -0.05) is 34.8 Å². The quantitative estimate of drug-likeness (QED) is 0.00514. The fourth-order valence-corrected chi connectivity index (χ4v) is 10.3. The number of hydrogen-bond donors (Lipinski definition) is 7. The first-order chi connectivity index (χ1) is 61.6. The van der Waals surface area contributed by atoms with E-state index in [1.165, 1.54) is 132 Å². The number of ether oxygens (including phenoxy) is 4. The number of nitrogens with zero attached hydrogens (tertiary/aromatic N) is 20. The number of rotatable bonds is 21. The van der Waals surface area contributed by atoms with Crippen LogP contribution in [0.5, 0.6) is 0 Å². The van der Waals surface area contributed by atoms with Gasteiger partial charge < -0.3 is 46.2 Å². The van der Waals surface area contributed by atoms with E-state index >= 15 is 0 Å². The molecule has 0 fully saturated rings. The van der Waals surface area contributed by atoms with Crippen LogP contribution in [0.2, 0.25) is 0 Å². The second-order valence-electron chi connectivity index (χ2n) is 23.4. The Labute approximate surface area is 737 Å². The van der Waals surface area contributed by atoms with Gasteiger partial charge in [-0.2, -0.15) is 62.9 Å². The van der Waals surface area contributed by atoms with Gasteiger partial charge in [0, 0.05) is 86.8 Å². The lowest BCUT2D eigenvalue weighted by molar-refractivity contribution is -0.154. The predicted molar refractivity (Wildman–Crippen MR) is 429 cm³/mol. The summed E-state index contributed by atoms with van der Waals surface area (Å²) in [5.41, 5.74) is 6.33. The number of hydrogen-bond acceptors (Lipinski definition) is 38. The number of aromatic nitrogens is 20. The molecule has 56 heteroatoms. The number of ketones is 2. The van der Waals surface area contributed by atoms with Crippen LogP contribution in [-0.4, -0.2) is 203 Å². The van der Waals surface area contributed by atoms with Gasteiger partial charge in [0.2, 0.25) is 15.8 Å². The van der Waals surface area contributed by atoms with Crippen molar-refractivity contribution < 1.29 is 125 Å². The second kappa shape index (κ2) is 53.4. The summed E-state index contributed by atoms with van der Waals surface area (Å²) in [5, 5.41) is 36.0. The highest BCUT2D eigenvalue weighted by Gasteiger charge is 2.41. The van der Waals surface area contributed by atoms with Gasteiger partial charge in [0.25, 0.3) is 5.91 Å². The van der Waals surface area contributed by atoms with E-state index in [0.717, 1.165) is 44.2 Å². The number of hydrazine groups is 1. The molecule has 130 heavy (non-hydrogen) atoms. The zero-order chi connectivity index (χ0) is 96.9. The number of aromatic carboxylic acids is 1. The molecule has 41 nitrogen and oxygen atoms in total. The van der Waals surface area contributed by atoms with E-state index in [2.05, 4.69) is 127 Å². The Morgan fingerprint density at radius 3 is 1.23 bits per heavy atom. The number of benzene rings is 2. The summed E-state index contributed by atoms with van der Waals surface area (Å²) in [6.45, 7) is 10.0. The van der Waals surface area contributed by atoms with Crippen molar-refractivity contribution >= 4 is 104 Å². The molecule has 2 aromatic carbocycles. The lowest BCUT2D eigenvalue weighted by Gasteiger charge is -2.20. The molecule has 10 heterocycles. The van der Waals surface area contributed by atoms with Crippen molar-refractivity contribution in [2.24, 2.45) is 17.4 Å². The minimum absolute atomic E-state index is 0.00597. The third-order valence-electron chi connectivity index (χ3n) is 14.6. The number of halogens is 13. The van der Waals surface area contributed by atoms with Crippen molar-refractivity contribution in [3.63, 3.8) is 0 Å². The van der Waals surface area contributed by atoms with Crippen molar-refractivity contribution in [2.45, 2.75) is 78.3 Å². The van der Waals surface area contributed by atoms with Crippen molar-refractivity contribution in [2.75, 3.05) is 50.6 Å². The first-order valence-electron chi connectivity index (χ1n) is 36.0. The largest absolute Gasteiger partial charge is 0.476 e. The van der Waals surface area contributed by atoms with Gasteiger partial charge >= 0.3 is 65.7 Å². The van der Waals surface area contributed by atoms with Crippen LogP contribution in [0.15, 0.2) is 173 Å². The summed E-state index contributed by atoms with van der Waals surface area (Å²) in [5.74, 6) is 1.83. The van der Waals surface area contributed by atoms with Gasteiger partial charge in [-0.15, -0.1) is 20.4 Å². The summed E-state index contributed by atoms with van der Waals surface area (Å²) < 4.78 is 177. The molecule has 12 rings (SSSR count). The number of alkyl halides is 12. The summed E-state index contributed by atoms with van der Waals surface area (Å²) in [6.07, 6.45) is 11.1. The molecule has 690 valence electrons. The minimum Gasteiger partial charge on any atom is -0.476 e. The molecule has 2 atom stereocenters. The third-order valence-corrected chi connectivity index (χ3v) is 16.6. The summed E-state index contributed by atoms with van der Waals surface area (Å²) in [4.78, 5) is 154. The molecular weight excluding hydrogens is 1820 g/mol. The summed E-state index contributed by atoms with van der Waals surface area (Å²) in [7, 11) is 0. The number of carbonyl (C=O) groups is 10. The van der Waals surface area contributed by atoms with E-state index < -0.39 is 117 Å². The van der Waals surface area contributed by atoms with E-state index in [0.29, 0.717) is 52.4 Å². The summed E-state index contributed by atoms with van der Waals surface area (Å²) in [6, 6.07) is 0.951.